The van der Waals surface area contributed by atoms with E-state index in [0.29, 0.717) is 17.3 Å². The van der Waals surface area contributed by atoms with E-state index in [2.05, 4.69) is 19.2 Å². The van der Waals surface area contributed by atoms with Crippen molar-refractivity contribution in [1.29, 1.82) is 0 Å². The van der Waals surface area contributed by atoms with Crippen molar-refractivity contribution in [2.75, 3.05) is 11.9 Å². The predicted molar refractivity (Wildman–Crippen MR) is 68.1 cm³/mol. The predicted octanol–water partition coefficient (Wildman–Crippen LogP) is 3.85. The minimum absolute atomic E-state index is 0.0563. The van der Waals surface area contributed by atoms with Crippen LogP contribution in [0, 0.1) is 5.82 Å². The van der Waals surface area contributed by atoms with Crippen LogP contribution in [0.4, 0.5) is 10.1 Å². The number of nitrogens with one attached hydrogen (secondary N) is 1. The molecule has 0 bridgehead atoms. The quantitative estimate of drug-likeness (QED) is 0.888. The van der Waals surface area contributed by atoms with Gasteiger partial charge >= 0.3 is 0 Å². The van der Waals surface area contributed by atoms with Crippen LogP contribution in [-0.4, -0.2) is 18.2 Å². The van der Waals surface area contributed by atoms with E-state index in [1.54, 1.807) is 6.07 Å². The Bertz CT molecular complexity index is 408. The standard InChI is InChI=1S/C13H17ClFNO/c1-13(2)6-5-10(17-13)8-16-12-7-9(14)3-4-11(12)15/h3-4,7,10,16H,5-6,8H2,1-2H3. The van der Waals surface area contributed by atoms with E-state index in [0.717, 1.165) is 12.8 Å². The van der Waals surface area contributed by atoms with Gasteiger partial charge in [0.25, 0.3) is 0 Å². The van der Waals surface area contributed by atoms with Crippen molar-refractivity contribution in [3.63, 3.8) is 0 Å². The van der Waals surface area contributed by atoms with E-state index < -0.39 is 0 Å². The van der Waals surface area contributed by atoms with Crippen LogP contribution in [0.25, 0.3) is 0 Å². The zero-order chi connectivity index (χ0) is 12.5. The van der Waals surface area contributed by atoms with E-state index in [-0.39, 0.29) is 17.5 Å². The first-order valence-electron chi connectivity index (χ1n) is 5.83. The van der Waals surface area contributed by atoms with E-state index in [1.165, 1.54) is 12.1 Å². The monoisotopic (exact) mass is 257 g/mol. The average Bonchev–Trinajstić information content (AvgIpc) is 2.60. The Hall–Kier alpha value is -0.800. The molecule has 1 aromatic carbocycles. The zero-order valence-corrected chi connectivity index (χ0v) is 10.9. The maximum absolute atomic E-state index is 13.4. The maximum atomic E-state index is 13.4. The van der Waals surface area contributed by atoms with Gasteiger partial charge in [-0.3, -0.25) is 0 Å². The van der Waals surface area contributed by atoms with E-state index in [9.17, 15) is 4.39 Å². The molecular weight excluding hydrogens is 241 g/mol. The Morgan fingerprint density at radius 3 is 2.94 bits per heavy atom. The summed E-state index contributed by atoms with van der Waals surface area (Å²) >= 11 is 5.82. The minimum Gasteiger partial charge on any atom is -0.380 e. The number of hydrogen-bond acceptors (Lipinski definition) is 2. The molecule has 94 valence electrons. The highest BCUT2D eigenvalue weighted by molar-refractivity contribution is 6.30. The van der Waals surface area contributed by atoms with Gasteiger partial charge in [0.2, 0.25) is 0 Å². The van der Waals surface area contributed by atoms with Gasteiger partial charge in [0.15, 0.2) is 0 Å². The van der Waals surface area contributed by atoms with Crippen molar-refractivity contribution in [3.05, 3.63) is 29.0 Å². The first-order chi connectivity index (χ1) is 7.96. The van der Waals surface area contributed by atoms with Gasteiger partial charge in [0.05, 0.1) is 17.4 Å². The molecule has 4 heteroatoms. The SMILES string of the molecule is CC1(C)CCC(CNc2cc(Cl)ccc2F)O1. The van der Waals surface area contributed by atoms with Gasteiger partial charge in [0, 0.05) is 11.6 Å². The van der Waals surface area contributed by atoms with Gasteiger partial charge in [0.1, 0.15) is 5.82 Å². The second kappa shape index (κ2) is 4.83. The molecule has 17 heavy (non-hydrogen) atoms. The molecule has 0 aromatic heterocycles. The highest BCUT2D eigenvalue weighted by atomic mass is 35.5. The largest absolute Gasteiger partial charge is 0.380 e. The highest BCUT2D eigenvalue weighted by Crippen LogP contribution is 2.29. The molecule has 1 aliphatic heterocycles. The Morgan fingerprint density at radius 2 is 2.29 bits per heavy atom. The van der Waals surface area contributed by atoms with Crippen molar-refractivity contribution in [2.45, 2.75) is 38.4 Å². The summed E-state index contributed by atoms with van der Waals surface area (Å²) in [5, 5.41) is 3.58. The first-order valence-corrected chi connectivity index (χ1v) is 6.21. The molecular formula is C13H17ClFNO. The Kier molecular flexibility index (Phi) is 3.59. The van der Waals surface area contributed by atoms with Gasteiger partial charge in [-0.25, -0.2) is 4.39 Å². The fraction of sp³-hybridized carbons (Fsp3) is 0.538. The molecule has 1 saturated heterocycles. The lowest BCUT2D eigenvalue weighted by Crippen LogP contribution is -2.25. The third-order valence-electron chi connectivity index (χ3n) is 3.00. The van der Waals surface area contributed by atoms with Crippen LogP contribution in [0.2, 0.25) is 5.02 Å². The third kappa shape index (κ3) is 3.33. The smallest absolute Gasteiger partial charge is 0.146 e. The summed E-state index contributed by atoms with van der Waals surface area (Å²) in [7, 11) is 0. The van der Waals surface area contributed by atoms with E-state index in [1.807, 2.05) is 0 Å². The van der Waals surface area contributed by atoms with Crippen molar-refractivity contribution >= 4 is 17.3 Å². The Balaban J connectivity index is 1.92. The molecule has 1 fully saturated rings. The average molecular weight is 258 g/mol. The van der Waals surface area contributed by atoms with Crippen LogP contribution in [0.1, 0.15) is 26.7 Å². The number of ether oxygens (including phenoxy) is 1. The molecule has 1 aromatic rings. The summed E-state index contributed by atoms with van der Waals surface area (Å²) in [5.41, 5.74) is 0.380. The van der Waals surface area contributed by atoms with Crippen LogP contribution in [0.3, 0.4) is 0 Å². The Labute approximate surface area is 106 Å². The summed E-state index contributed by atoms with van der Waals surface area (Å²) in [6.45, 7) is 4.76. The summed E-state index contributed by atoms with van der Waals surface area (Å²) in [4.78, 5) is 0. The van der Waals surface area contributed by atoms with E-state index >= 15 is 0 Å². The molecule has 0 spiro atoms. The summed E-state index contributed by atoms with van der Waals surface area (Å²) in [6, 6.07) is 4.50. The van der Waals surface area contributed by atoms with Crippen molar-refractivity contribution < 1.29 is 9.13 Å². The number of rotatable bonds is 3. The van der Waals surface area contributed by atoms with Crippen LogP contribution >= 0.6 is 11.6 Å². The van der Waals surface area contributed by atoms with Gasteiger partial charge in [-0.05, 0) is 44.9 Å². The fourth-order valence-corrected chi connectivity index (χ4v) is 2.25. The van der Waals surface area contributed by atoms with Gasteiger partial charge in [-0.15, -0.1) is 0 Å². The third-order valence-corrected chi connectivity index (χ3v) is 3.24. The molecule has 2 rings (SSSR count). The lowest BCUT2D eigenvalue weighted by Gasteiger charge is -2.20. The summed E-state index contributed by atoms with van der Waals surface area (Å²) in [6.07, 6.45) is 2.18. The number of halogens is 2. The second-order valence-corrected chi connectivity index (χ2v) is 5.48. The van der Waals surface area contributed by atoms with Crippen molar-refractivity contribution in [3.8, 4) is 0 Å². The van der Waals surface area contributed by atoms with E-state index in [4.69, 9.17) is 16.3 Å². The lowest BCUT2D eigenvalue weighted by atomic mass is 10.1. The topological polar surface area (TPSA) is 21.3 Å². The normalized spacial score (nSPS) is 22.7. The van der Waals surface area contributed by atoms with Gasteiger partial charge in [-0.2, -0.15) is 0 Å². The van der Waals surface area contributed by atoms with Crippen LogP contribution in [0.15, 0.2) is 18.2 Å². The number of anilines is 1. The van der Waals surface area contributed by atoms with Crippen LogP contribution in [-0.2, 0) is 4.74 Å². The minimum atomic E-state index is -0.286. The lowest BCUT2D eigenvalue weighted by molar-refractivity contribution is -0.00912. The first kappa shape index (κ1) is 12.7. The molecule has 0 aliphatic carbocycles. The highest BCUT2D eigenvalue weighted by Gasteiger charge is 2.31. The fourth-order valence-electron chi connectivity index (χ4n) is 2.08. The summed E-state index contributed by atoms with van der Waals surface area (Å²) < 4.78 is 19.3. The van der Waals surface area contributed by atoms with Gasteiger partial charge in [-0.1, -0.05) is 11.6 Å². The Morgan fingerprint density at radius 1 is 1.53 bits per heavy atom. The molecule has 2 nitrogen and oxygen atoms in total. The maximum Gasteiger partial charge on any atom is 0.146 e. The molecule has 1 unspecified atom stereocenters. The molecule has 1 atom stereocenters. The van der Waals surface area contributed by atoms with Crippen LogP contribution < -0.4 is 5.32 Å². The van der Waals surface area contributed by atoms with Crippen molar-refractivity contribution in [1.82, 2.24) is 0 Å². The van der Waals surface area contributed by atoms with Crippen LogP contribution in [0.5, 0.6) is 0 Å². The molecule has 0 amide bonds. The molecule has 0 saturated carbocycles. The molecule has 1 heterocycles. The number of benzene rings is 1. The molecule has 1 N–H and O–H groups in total. The molecule has 0 radical (unpaired) electrons. The van der Waals surface area contributed by atoms with Gasteiger partial charge < -0.3 is 10.1 Å². The molecule has 1 aliphatic rings. The summed E-state index contributed by atoms with van der Waals surface area (Å²) in [5.74, 6) is -0.286. The zero-order valence-electron chi connectivity index (χ0n) is 10.1. The number of hydrogen-bond donors (Lipinski definition) is 1. The van der Waals surface area contributed by atoms with Crippen molar-refractivity contribution in [2.24, 2.45) is 0 Å². The second-order valence-electron chi connectivity index (χ2n) is 5.04.